The number of ether oxygens (including phenoxy) is 2. The normalized spacial score (nSPS) is 16.9. The molecule has 0 aliphatic carbocycles. The molecule has 0 radical (unpaired) electrons. The van der Waals surface area contributed by atoms with E-state index in [1.54, 1.807) is 23.6 Å². The molecule has 4 amide bonds. The van der Waals surface area contributed by atoms with Crippen molar-refractivity contribution >= 4 is 29.8 Å². The number of aliphatic hydroxyl groups is 1. The molecule has 2 aliphatic heterocycles. The van der Waals surface area contributed by atoms with Crippen LogP contribution in [0.5, 0.6) is 0 Å². The SMILES string of the molecule is COC(=O)N[C@H](C(=O)N[C@@H](Cc1ccc(C#Cc2ccc(N3CCN4CCCC[C@H]4C3)nc2)cc1)[C@@H](O)CN(Cc1c(F)cc(-c2ccn(C(F)F)n2)cc1F)NC(=O)[C@@H](NC(=O)OC)C(C)(C)C(F)(F)F)C(C)(C)C(F)(F)F. The Morgan fingerprint density at radius 2 is 1.37 bits per heavy atom. The van der Waals surface area contributed by atoms with E-state index in [1.165, 1.54) is 25.0 Å². The minimum atomic E-state index is -5.23. The van der Waals surface area contributed by atoms with Crippen LogP contribution in [-0.4, -0.2) is 143 Å². The van der Waals surface area contributed by atoms with Crippen molar-refractivity contribution in [3.05, 3.63) is 101 Å². The van der Waals surface area contributed by atoms with Gasteiger partial charge in [0.25, 0.3) is 5.91 Å². The van der Waals surface area contributed by atoms with E-state index in [9.17, 15) is 59.4 Å². The number of hydrogen-bond donors (Lipinski definition) is 5. The molecule has 2 aromatic carbocycles. The second-order valence-corrected chi connectivity index (χ2v) is 20.2. The van der Waals surface area contributed by atoms with Crippen LogP contribution < -0.4 is 26.3 Å². The summed E-state index contributed by atoms with van der Waals surface area (Å²) in [6.07, 6.45) is -10.0. The number of amides is 4. The largest absolute Gasteiger partial charge is 0.453 e. The number of alkyl carbamates (subject to hydrolysis) is 2. The second kappa shape index (κ2) is 25.3. The fraction of sp³-hybridized carbons (Fsp3) is 0.500. The number of aromatic nitrogens is 3. The van der Waals surface area contributed by atoms with Gasteiger partial charge in [-0.15, -0.1) is 0 Å². The highest BCUT2D eigenvalue weighted by molar-refractivity contribution is 5.87. The Hall–Kier alpha value is -7.18. The van der Waals surface area contributed by atoms with Crippen molar-refractivity contribution in [3.8, 4) is 23.1 Å². The highest BCUT2D eigenvalue weighted by Crippen LogP contribution is 2.42. The van der Waals surface area contributed by atoms with E-state index < -0.39 is 115 Å². The first-order valence-corrected chi connectivity index (χ1v) is 24.8. The third-order valence-electron chi connectivity index (χ3n) is 14.1. The zero-order valence-corrected chi connectivity index (χ0v) is 43.7. The van der Waals surface area contributed by atoms with Crippen molar-refractivity contribution < 1.29 is 77.7 Å². The van der Waals surface area contributed by atoms with Crippen LogP contribution in [0.2, 0.25) is 0 Å². The van der Waals surface area contributed by atoms with E-state index in [1.807, 2.05) is 22.9 Å². The molecule has 0 saturated carbocycles. The Bertz CT molecular complexity index is 2820. The molecule has 0 unspecified atom stereocenters. The monoisotopic (exact) mass is 1130 g/mol. The Morgan fingerprint density at radius 1 is 0.785 bits per heavy atom. The van der Waals surface area contributed by atoms with Gasteiger partial charge in [-0.05, 0) is 102 Å². The first-order valence-electron chi connectivity index (χ1n) is 24.8. The Balaban J connectivity index is 1.33. The van der Waals surface area contributed by atoms with Gasteiger partial charge in [-0.2, -0.15) is 40.2 Å². The van der Waals surface area contributed by atoms with Crippen molar-refractivity contribution in [3.63, 3.8) is 0 Å². The molecule has 0 bridgehead atoms. The maximum atomic E-state index is 16.0. The molecule has 2 aliphatic rings. The molecule has 17 nitrogen and oxygen atoms in total. The number of anilines is 1. The first kappa shape index (κ1) is 61.0. The molecule has 6 rings (SSSR count). The molecule has 4 aromatic rings. The van der Waals surface area contributed by atoms with Gasteiger partial charge in [0.15, 0.2) is 0 Å². The molecule has 4 heterocycles. The van der Waals surface area contributed by atoms with Gasteiger partial charge in [-0.3, -0.25) is 19.9 Å². The molecule has 2 fully saturated rings. The lowest BCUT2D eigenvalue weighted by Gasteiger charge is -2.44. The van der Waals surface area contributed by atoms with Gasteiger partial charge in [0.05, 0.1) is 42.9 Å². The van der Waals surface area contributed by atoms with Gasteiger partial charge >= 0.3 is 31.1 Å². The van der Waals surface area contributed by atoms with E-state index >= 15 is 8.78 Å². The quantitative estimate of drug-likeness (QED) is 0.0382. The van der Waals surface area contributed by atoms with Crippen LogP contribution in [0.4, 0.5) is 59.3 Å². The van der Waals surface area contributed by atoms with Crippen LogP contribution in [0.25, 0.3) is 11.3 Å². The average Bonchev–Trinajstić information content (AvgIpc) is 3.93. The molecular weight excluding hydrogens is 1070 g/mol. The number of halogens is 10. The molecule has 430 valence electrons. The van der Waals surface area contributed by atoms with Gasteiger partial charge < -0.3 is 35.4 Å². The third kappa shape index (κ3) is 15.1. The second-order valence-electron chi connectivity index (χ2n) is 20.2. The van der Waals surface area contributed by atoms with Crippen molar-refractivity contribution in [2.75, 3.05) is 51.8 Å². The number of carbonyl (C=O) groups is 4. The number of fused-ring (bicyclic) bond motifs is 1. The van der Waals surface area contributed by atoms with Crippen LogP contribution in [-0.2, 0) is 32.0 Å². The van der Waals surface area contributed by atoms with Gasteiger partial charge in [0.1, 0.15) is 29.5 Å². The number of pyridine rings is 1. The molecule has 79 heavy (non-hydrogen) atoms. The van der Waals surface area contributed by atoms with Gasteiger partial charge in [0, 0.05) is 73.4 Å². The van der Waals surface area contributed by atoms with Crippen molar-refractivity contribution in [1.29, 1.82) is 0 Å². The average molecular weight is 1130 g/mol. The van der Waals surface area contributed by atoms with Crippen LogP contribution in [0, 0.1) is 34.3 Å². The van der Waals surface area contributed by atoms with E-state index in [2.05, 4.69) is 46.5 Å². The Morgan fingerprint density at radius 3 is 1.91 bits per heavy atom. The molecule has 5 atom stereocenters. The van der Waals surface area contributed by atoms with E-state index in [0.29, 0.717) is 62.0 Å². The molecule has 0 spiro atoms. The summed E-state index contributed by atoms with van der Waals surface area (Å²) in [5, 5.41) is 22.1. The smallest absolute Gasteiger partial charge is 0.407 e. The number of piperazine rings is 1. The first-order chi connectivity index (χ1) is 37.0. The Labute approximate surface area is 448 Å². The minimum absolute atomic E-state index is 0.199. The van der Waals surface area contributed by atoms with Crippen LogP contribution >= 0.6 is 0 Å². The summed E-state index contributed by atoms with van der Waals surface area (Å²) in [6, 6.07) is 5.83. The number of aliphatic hydroxyl groups excluding tert-OH is 1. The van der Waals surface area contributed by atoms with Crippen molar-refractivity contribution in [1.82, 2.24) is 46.0 Å². The highest BCUT2D eigenvalue weighted by atomic mass is 19.4. The maximum Gasteiger partial charge on any atom is 0.407 e. The van der Waals surface area contributed by atoms with Crippen LogP contribution in [0.1, 0.15) is 75.8 Å². The molecule has 2 saturated heterocycles. The molecule has 2 aromatic heterocycles. The minimum Gasteiger partial charge on any atom is -0.453 e. The van der Waals surface area contributed by atoms with Gasteiger partial charge in [-0.25, -0.2) is 33.0 Å². The lowest BCUT2D eigenvalue weighted by atomic mass is 9.82. The molecular formula is C52H60F10N10O7. The maximum absolute atomic E-state index is 16.0. The van der Waals surface area contributed by atoms with E-state index in [4.69, 9.17) is 0 Å². The predicted octanol–water partition coefficient (Wildman–Crippen LogP) is 7.24. The lowest BCUT2D eigenvalue weighted by molar-refractivity contribution is -0.221. The van der Waals surface area contributed by atoms with Gasteiger partial charge in [-0.1, -0.05) is 30.4 Å². The highest BCUT2D eigenvalue weighted by Gasteiger charge is 2.57. The van der Waals surface area contributed by atoms with E-state index in [0.717, 1.165) is 64.9 Å². The number of alkyl halides is 8. The number of benzene rings is 2. The summed E-state index contributed by atoms with van der Waals surface area (Å²) >= 11 is 0. The van der Waals surface area contributed by atoms with Crippen LogP contribution in [0.3, 0.4) is 0 Å². The van der Waals surface area contributed by atoms with Crippen molar-refractivity contribution in [2.24, 2.45) is 10.8 Å². The lowest BCUT2D eigenvalue weighted by Crippen LogP contribution is -2.63. The van der Waals surface area contributed by atoms with Crippen molar-refractivity contribution in [2.45, 2.75) is 109 Å². The number of hydrazine groups is 1. The number of carbonyl (C=O) groups excluding carboxylic acids is 4. The Kier molecular flexibility index (Phi) is 19.5. The number of nitrogens with zero attached hydrogens (tertiary/aromatic N) is 6. The number of piperidine rings is 1. The topological polar surface area (TPSA) is 196 Å². The molecule has 27 heteroatoms. The molecule has 5 N–H and O–H groups in total. The number of methoxy groups -OCH3 is 2. The summed E-state index contributed by atoms with van der Waals surface area (Å²) in [7, 11) is 1.61. The third-order valence-corrected chi connectivity index (χ3v) is 14.1. The fourth-order valence-corrected chi connectivity index (χ4v) is 8.93. The predicted molar refractivity (Wildman–Crippen MR) is 265 cm³/mol. The van der Waals surface area contributed by atoms with Crippen LogP contribution in [0.15, 0.2) is 67.0 Å². The zero-order chi connectivity index (χ0) is 58.2. The van der Waals surface area contributed by atoms with E-state index in [-0.39, 0.29) is 21.5 Å². The summed E-state index contributed by atoms with van der Waals surface area (Å²) in [4.78, 5) is 62.2. The summed E-state index contributed by atoms with van der Waals surface area (Å²) in [5.74, 6) is 0.788. The standard InChI is InChI=1S/C52H60F10N10O7/c1-49(2,51(57,58)59)42(65-47(76)78-5)44(74)64-39(23-31-13-10-30(11-14-31)12-15-32-16-17-41(63-26-32)70-22-21-69-19-8-7-9-34(69)27-70)40(73)29-71(68-45(75)43(66-48(77)79-6)50(3,4)52(60,61)62)28-35-36(53)24-33(25-37(35)54)38-18-20-72(67-38)46(55)56/h10-11,13-14,16-18,20,24-26,34,39-40,42-43,46,73H,7-9,19,21-23,27-29H2,1-6H3,(H,64,74)(H,65,76)(H,66,77)(H,68,75)/t34-,39-,40-,42+,43+/m0/s1. The summed E-state index contributed by atoms with van der Waals surface area (Å²) in [6.45, 7) is 0.638. The summed E-state index contributed by atoms with van der Waals surface area (Å²) < 4.78 is 155. The van der Waals surface area contributed by atoms with Gasteiger partial charge in [0.2, 0.25) is 5.91 Å². The summed E-state index contributed by atoms with van der Waals surface area (Å²) in [5.41, 5.74) is -4.39. The fourth-order valence-electron chi connectivity index (χ4n) is 8.93. The zero-order valence-electron chi connectivity index (χ0n) is 43.7. The number of rotatable bonds is 18. The number of nitrogens with one attached hydrogen (secondary N) is 4. The number of hydrogen-bond acceptors (Lipinski definition) is 12.